The summed E-state index contributed by atoms with van der Waals surface area (Å²) in [5, 5.41) is 4.67. The quantitative estimate of drug-likeness (QED) is 0.538. The van der Waals surface area contributed by atoms with E-state index in [0.717, 1.165) is 56.3 Å². The van der Waals surface area contributed by atoms with E-state index >= 15 is 0 Å². The molecule has 0 saturated carbocycles. The van der Waals surface area contributed by atoms with Crippen LogP contribution in [0.15, 0.2) is 48.7 Å². The molecular formula is C23H28N4O2S. The molecule has 1 fully saturated rings. The molecule has 0 unspecified atom stereocenters. The Labute approximate surface area is 181 Å². The first kappa shape index (κ1) is 20.6. The van der Waals surface area contributed by atoms with Crippen LogP contribution in [0.25, 0.3) is 10.6 Å². The molecule has 1 aromatic carbocycles. The number of carbonyl (C=O) groups excluding carboxylic acids is 1. The lowest BCUT2D eigenvalue weighted by molar-refractivity contribution is 0.0606. The van der Waals surface area contributed by atoms with Crippen molar-refractivity contribution in [2.75, 3.05) is 44.7 Å². The summed E-state index contributed by atoms with van der Waals surface area (Å²) in [6, 6.07) is 14.5. The van der Waals surface area contributed by atoms with Crippen LogP contribution in [-0.4, -0.2) is 60.5 Å². The molecule has 0 radical (unpaired) electrons. The Morgan fingerprint density at radius 1 is 1.10 bits per heavy atom. The van der Waals surface area contributed by atoms with Gasteiger partial charge in [-0.25, -0.2) is 4.79 Å². The maximum absolute atomic E-state index is 11.6. The van der Waals surface area contributed by atoms with Crippen LogP contribution in [-0.2, 0) is 11.3 Å². The number of hydrogen-bond donors (Lipinski definition) is 0. The summed E-state index contributed by atoms with van der Waals surface area (Å²) in [4.78, 5) is 18.2. The average Bonchev–Trinajstić information content (AvgIpc) is 3.43. The number of esters is 1. The molecule has 0 aliphatic carbocycles. The highest BCUT2D eigenvalue weighted by Crippen LogP contribution is 2.27. The molecule has 0 atom stereocenters. The number of benzene rings is 1. The van der Waals surface area contributed by atoms with Crippen LogP contribution in [0.4, 0.5) is 5.69 Å². The standard InChI is InChI=1S/C23H28N4O2S/c1-18-5-3-6-19(17-18)26-15-13-25(14-16-26)10-4-11-27-12-9-20(24-27)21-7-8-22(30-21)23(28)29-2/h3,5-9,12,17H,4,10-11,13-16H2,1-2H3. The van der Waals surface area contributed by atoms with E-state index in [9.17, 15) is 4.79 Å². The van der Waals surface area contributed by atoms with Crippen LogP contribution in [0.1, 0.15) is 21.7 Å². The fourth-order valence-corrected chi connectivity index (χ4v) is 4.70. The van der Waals surface area contributed by atoms with Gasteiger partial charge in [-0.2, -0.15) is 5.10 Å². The van der Waals surface area contributed by atoms with Crippen LogP contribution < -0.4 is 4.90 Å². The Kier molecular flexibility index (Phi) is 6.50. The summed E-state index contributed by atoms with van der Waals surface area (Å²) < 4.78 is 6.77. The SMILES string of the molecule is COC(=O)c1ccc(-c2ccn(CCCN3CCN(c4cccc(C)c4)CC3)n2)s1. The number of methoxy groups -OCH3 is 1. The summed E-state index contributed by atoms with van der Waals surface area (Å²) >= 11 is 1.41. The second-order valence-corrected chi connectivity index (χ2v) is 8.72. The summed E-state index contributed by atoms with van der Waals surface area (Å²) in [5.41, 5.74) is 3.56. The molecule has 1 aliphatic rings. The zero-order valence-corrected chi connectivity index (χ0v) is 18.4. The van der Waals surface area contributed by atoms with E-state index in [2.05, 4.69) is 46.1 Å². The summed E-state index contributed by atoms with van der Waals surface area (Å²) in [6.07, 6.45) is 3.09. The number of thiophene rings is 1. The van der Waals surface area contributed by atoms with Crippen molar-refractivity contribution in [2.45, 2.75) is 19.9 Å². The van der Waals surface area contributed by atoms with E-state index < -0.39 is 0 Å². The summed E-state index contributed by atoms with van der Waals surface area (Å²) in [5.74, 6) is -0.298. The minimum Gasteiger partial charge on any atom is -0.465 e. The topological polar surface area (TPSA) is 50.6 Å². The van der Waals surface area contributed by atoms with Gasteiger partial charge in [0.1, 0.15) is 10.6 Å². The van der Waals surface area contributed by atoms with E-state index in [1.165, 1.54) is 29.7 Å². The van der Waals surface area contributed by atoms with Crippen LogP contribution in [0.3, 0.4) is 0 Å². The lowest BCUT2D eigenvalue weighted by Gasteiger charge is -2.36. The molecule has 6 nitrogen and oxygen atoms in total. The molecule has 7 heteroatoms. The molecule has 0 bridgehead atoms. The second kappa shape index (κ2) is 9.45. The predicted octanol–water partition coefficient (Wildman–Crippen LogP) is 3.92. The number of aryl methyl sites for hydroxylation is 2. The van der Waals surface area contributed by atoms with Gasteiger partial charge in [-0.3, -0.25) is 9.58 Å². The highest BCUT2D eigenvalue weighted by molar-refractivity contribution is 7.17. The Hall–Kier alpha value is -2.64. The normalized spacial score (nSPS) is 14.8. The van der Waals surface area contributed by atoms with E-state index in [1.54, 1.807) is 6.07 Å². The first-order valence-electron chi connectivity index (χ1n) is 10.4. The van der Waals surface area contributed by atoms with Crippen molar-refractivity contribution in [2.24, 2.45) is 0 Å². The fraction of sp³-hybridized carbons (Fsp3) is 0.391. The van der Waals surface area contributed by atoms with Gasteiger partial charge in [0.05, 0.1) is 12.0 Å². The smallest absolute Gasteiger partial charge is 0.348 e. The van der Waals surface area contributed by atoms with Crippen molar-refractivity contribution in [3.8, 4) is 10.6 Å². The van der Waals surface area contributed by atoms with Crippen LogP contribution >= 0.6 is 11.3 Å². The van der Waals surface area contributed by atoms with Crippen LogP contribution in [0, 0.1) is 6.92 Å². The van der Waals surface area contributed by atoms with Gasteiger partial charge in [-0.1, -0.05) is 12.1 Å². The van der Waals surface area contributed by atoms with Crippen molar-refractivity contribution >= 4 is 23.0 Å². The second-order valence-electron chi connectivity index (χ2n) is 7.64. The van der Waals surface area contributed by atoms with Crippen molar-refractivity contribution in [1.29, 1.82) is 0 Å². The van der Waals surface area contributed by atoms with E-state index in [-0.39, 0.29) is 5.97 Å². The Balaban J connectivity index is 1.23. The molecular weight excluding hydrogens is 396 g/mol. The number of aromatic nitrogens is 2. The number of anilines is 1. The van der Waals surface area contributed by atoms with Crippen molar-refractivity contribution < 1.29 is 9.53 Å². The highest BCUT2D eigenvalue weighted by atomic mass is 32.1. The van der Waals surface area contributed by atoms with Gasteiger partial charge in [-0.15, -0.1) is 11.3 Å². The Morgan fingerprint density at radius 2 is 1.93 bits per heavy atom. The molecule has 0 spiro atoms. The molecule has 4 rings (SSSR count). The Morgan fingerprint density at radius 3 is 2.70 bits per heavy atom. The van der Waals surface area contributed by atoms with Crippen molar-refractivity contribution in [3.05, 3.63) is 59.1 Å². The van der Waals surface area contributed by atoms with Crippen LogP contribution in [0.5, 0.6) is 0 Å². The number of hydrogen-bond acceptors (Lipinski definition) is 6. The summed E-state index contributed by atoms with van der Waals surface area (Å²) in [7, 11) is 1.40. The number of nitrogens with zero attached hydrogens (tertiary/aromatic N) is 4. The van der Waals surface area contributed by atoms with Crippen molar-refractivity contribution in [1.82, 2.24) is 14.7 Å². The highest BCUT2D eigenvalue weighted by Gasteiger charge is 2.17. The first-order valence-corrected chi connectivity index (χ1v) is 11.2. The molecule has 1 saturated heterocycles. The van der Waals surface area contributed by atoms with Crippen molar-refractivity contribution in [3.63, 3.8) is 0 Å². The fourth-order valence-electron chi connectivity index (χ4n) is 3.81. The lowest BCUT2D eigenvalue weighted by atomic mass is 10.2. The number of ether oxygens (including phenoxy) is 1. The van der Waals surface area contributed by atoms with Gasteiger partial charge in [0.25, 0.3) is 0 Å². The van der Waals surface area contributed by atoms with Gasteiger partial charge < -0.3 is 9.64 Å². The minimum absolute atomic E-state index is 0.298. The largest absolute Gasteiger partial charge is 0.465 e. The predicted molar refractivity (Wildman–Crippen MR) is 121 cm³/mol. The molecule has 1 aliphatic heterocycles. The molecule has 3 heterocycles. The van der Waals surface area contributed by atoms with Gasteiger partial charge in [0.15, 0.2) is 0 Å². The maximum atomic E-state index is 11.6. The number of rotatable bonds is 7. The third-order valence-electron chi connectivity index (χ3n) is 5.49. The molecule has 2 aromatic heterocycles. The molecule has 3 aromatic rings. The number of carbonyl (C=O) groups is 1. The Bertz CT molecular complexity index is 989. The van der Waals surface area contributed by atoms with Gasteiger partial charge in [0.2, 0.25) is 0 Å². The first-order chi connectivity index (χ1) is 14.6. The third kappa shape index (κ3) is 4.91. The maximum Gasteiger partial charge on any atom is 0.348 e. The minimum atomic E-state index is -0.298. The monoisotopic (exact) mass is 424 g/mol. The van der Waals surface area contributed by atoms with Gasteiger partial charge in [-0.05, 0) is 49.2 Å². The zero-order chi connectivity index (χ0) is 20.9. The third-order valence-corrected chi connectivity index (χ3v) is 6.57. The summed E-state index contributed by atoms with van der Waals surface area (Å²) in [6.45, 7) is 8.49. The molecule has 158 valence electrons. The van der Waals surface area contributed by atoms with E-state index in [1.807, 2.05) is 23.0 Å². The molecule has 0 amide bonds. The zero-order valence-electron chi connectivity index (χ0n) is 17.6. The van der Waals surface area contributed by atoms with E-state index in [0.29, 0.717) is 4.88 Å². The van der Waals surface area contributed by atoms with Gasteiger partial charge in [0, 0.05) is 51.2 Å². The van der Waals surface area contributed by atoms with E-state index in [4.69, 9.17) is 4.74 Å². The number of piperazine rings is 1. The molecule has 30 heavy (non-hydrogen) atoms. The lowest BCUT2D eigenvalue weighted by Crippen LogP contribution is -2.46. The van der Waals surface area contributed by atoms with Gasteiger partial charge >= 0.3 is 5.97 Å². The van der Waals surface area contributed by atoms with Crippen LogP contribution in [0.2, 0.25) is 0 Å². The molecule has 0 N–H and O–H groups in total. The average molecular weight is 425 g/mol.